The topological polar surface area (TPSA) is 325 Å². The van der Waals surface area contributed by atoms with Crippen LogP contribution in [-0.4, -0.2) is 119 Å². The third-order valence-corrected chi connectivity index (χ3v) is 22.8. The second-order valence-electron chi connectivity index (χ2n) is 31.8. The summed E-state index contributed by atoms with van der Waals surface area (Å²) in [6, 6.07) is 20.7. The molecule has 0 radical (unpaired) electrons. The van der Waals surface area contributed by atoms with Gasteiger partial charge in [0.05, 0.1) is 76.0 Å². The molecule has 1 aromatic heterocycles. The molecule has 2 aliphatic heterocycles. The number of Topliss-reactive ketones (excluding diaryl/α,β-unsaturated/α-hetero) is 1. The maximum atomic E-state index is 16.3. The van der Waals surface area contributed by atoms with Crippen LogP contribution in [0.25, 0.3) is 16.0 Å². The van der Waals surface area contributed by atoms with E-state index in [4.69, 9.17) is 33.7 Å². The molecule has 23 nitrogen and oxygen atoms in total. The summed E-state index contributed by atoms with van der Waals surface area (Å²) in [6.07, 6.45) is 1.83. The summed E-state index contributed by atoms with van der Waals surface area (Å²) in [7, 11) is -5.61. The van der Waals surface area contributed by atoms with E-state index in [2.05, 4.69) is 20.9 Å². The summed E-state index contributed by atoms with van der Waals surface area (Å²) < 4.78 is 94.2. The first-order valence-electron chi connectivity index (χ1n) is 36.5. The van der Waals surface area contributed by atoms with E-state index in [1.54, 1.807) is 40.1 Å². The Labute approximate surface area is 632 Å². The number of nitrogens with one attached hydrogen (secondary N) is 3. The maximum Gasteiger partial charge on any atom is 0.410 e. The molecular weight excluding hydrogens is 1440 g/mol. The number of nitrogens with two attached hydrogens (primary N) is 1. The van der Waals surface area contributed by atoms with Crippen molar-refractivity contribution < 1.29 is 94.0 Å². The van der Waals surface area contributed by atoms with Gasteiger partial charge >= 0.3 is 25.2 Å². The highest BCUT2D eigenvalue weighted by Crippen LogP contribution is 2.67. The molecule has 0 saturated heterocycles. The van der Waals surface area contributed by atoms with Crippen LogP contribution in [0.15, 0.2) is 96.5 Å². The number of aryl methyl sites for hydroxylation is 3. The van der Waals surface area contributed by atoms with Crippen molar-refractivity contribution in [2.45, 2.75) is 215 Å². The van der Waals surface area contributed by atoms with Gasteiger partial charge in [-0.1, -0.05) is 99.6 Å². The molecule has 2 fully saturated rings. The van der Waals surface area contributed by atoms with Crippen molar-refractivity contribution in [3.63, 3.8) is 0 Å². The van der Waals surface area contributed by atoms with E-state index < -0.39 is 155 Å². The second-order valence-corrected chi connectivity index (χ2v) is 34.7. The van der Waals surface area contributed by atoms with Gasteiger partial charge in [0.25, 0.3) is 5.91 Å². The predicted octanol–water partition coefficient (Wildman–Crippen LogP) is 12.3. The lowest BCUT2D eigenvalue weighted by Gasteiger charge is -2.33. The van der Waals surface area contributed by atoms with E-state index in [-0.39, 0.29) is 70.9 Å². The number of ketones is 2. The molecule has 108 heavy (non-hydrogen) atoms. The number of ether oxygens (including phenoxy) is 4. The Morgan fingerprint density at radius 2 is 1.46 bits per heavy atom. The first kappa shape index (κ1) is 83.6. The number of aromatic nitrogens is 1. The molecule has 2 saturated carbocycles. The number of thiazole rings is 1. The van der Waals surface area contributed by atoms with Gasteiger partial charge in [0.2, 0.25) is 37.2 Å². The van der Waals surface area contributed by atoms with E-state index in [9.17, 15) is 57.2 Å². The monoisotopic (exact) mass is 1540 g/mol. The van der Waals surface area contributed by atoms with Crippen LogP contribution in [0.1, 0.15) is 179 Å². The maximum absolute atomic E-state index is 16.3. The molecule has 0 bridgehead atoms. The lowest BCUT2D eigenvalue weighted by molar-refractivity contribution is -0.163. The minimum atomic E-state index is -5.61. The van der Waals surface area contributed by atoms with Crippen LogP contribution in [-0.2, 0) is 109 Å². The van der Waals surface area contributed by atoms with Gasteiger partial charge in [-0.2, -0.15) is 8.78 Å². The number of rotatable bonds is 34. The van der Waals surface area contributed by atoms with Crippen LogP contribution in [0, 0.1) is 40.9 Å². The molecular formula is C80H100F3N6O17PS. The summed E-state index contributed by atoms with van der Waals surface area (Å²) >= 11 is 1.49. The molecule has 4 aromatic carbocycles. The molecule has 2 aliphatic carbocycles. The number of aliphatic hydroxyl groups is 1. The van der Waals surface area contributed by atoms with Gasteiger partial charge in [-0.15, -0.1) is 11.3 Å². The number of alkyl halides is 3. The van der Waals surface area contributed by atoms with Crippen LogP contribution in [0.5, 0.6) is 5.75 Å². The number of aliphatic hydroxyl groups excluding tert-OH is 1. The van der Waals surface area contributed by atoms with Crippen molar-refractivity contribution in [1.82, 2.24) is 20.9 Å². The number of carbonyl (C=O) groups is 9. The number of carbonyl (C=O) groups excluding carboxylic acids is 9. The number of benzene rings is 4. The second kappa shape index (κ2) is 34.6. The van der Waals surface area contributed by atoms with Crippen molar-refractivity contribution in [2.24, 2.45) is 39.7 Å². The molecule has 1 unspecified atom stereocenters. The Kier molecular flexibility index (Phi) is 26.8. The minimum Gasteiger partial charge on any atom is -0.493 e. The molecule has 6 N–H and O–H groups in total. The van der Waals surface area contributed by atoms with Crippen LogP contribution >= 0.6 is 18.9 Å². The van der Waals surface area contributed by atoms with Crippen molar-refractivity contribution in [1.29, 1.82) is 0 Å². The molecule has 8 atom stereocenters. The Hall–Kier alpha value is -8.46. The third-order valence-electron chi connectivity index (χ3n) is 20.0. The average Bonchev–Trinajstić information content (AvgIpc) is 1.58. The van der Waals surface area contributed by atoms with E-state index in [0.717, 1.165) is 50.5 Å². The smallest absolute Gasteiger partial charge is 0.410 e. The van der Waals surface area contributed by atoms with E-state index in [0.29, 0.717) is 54.0 Å². The normalized spacial score (nSPS) is 19.4. The fourth-order valence-corrected chi connectivity index (χ4v) is 15.4. The van der Waals surface area contributed by atoms with Gasteiger partial charge < -0.3 is 45.7 Å². The number of hydrogen-bond acceptors (Lipinski definition) is 19. The zero-order valence-corrected chi connectivity index (χ0v) is 65.0. The zero-order valence-electron chi connectivity index (χ0n) is 63.3. The van der Waals surface area contributed by atoms with Gasteiger partial charge in [0.1, 0.15) is 11.8 Å². The van der Waals surface area contributed by atoms with Crippen LogP contribution < -0.4 is 31.3 Å². The Bertz CT molecular complexity index is 4200. The zero-order chi connectivity index (χ0) is 79.0. The number of hydrogen-bond donors (Lipinski definition) is 5. The van der Waals surface area contributed by atoms with Crippen LogP contribution in [0.2, 0.25) is 0 Å². The Morgan fingerprint density at radius 3 is 2.06 bits per heavy atom. The summed E-state index contributed by atoms with van der Waals surface area (Å²) in [5, 5.41) is 19.5. The molecule has 3 heterocycles. The number of halogens is 3. The van der Waals surface area contributed by atoms with Gasteiger partial charge in [-0.3, -0.25) is 61.7 Å². The number of allylic oxidation sites excluding steroid dienone is 2. The first-order chi connectivity index (χ1) is 50.7. The van der Waals surface area contributed by atoms with Gasteiger partial charge in [0, 0.05) is 48.8 Å². The van der Waals surface area contributed by atoms with E-state index in [1.165, 1.54) is 76.0 Å². The van der Waals surface area contributed by atoms with Crippen molar-refractivity contribution in [2.75, 3.05) is 25.1 Å². The molecule has 28 heteroatoms. The van der Waals surface area contributed by atoms with Crippen LogP contribution in [0.4, 0.5) is 18.9 Å². The van der Waals surface area contributed by atoms with Crippen LogP contribution in [0.3, 0.4) is 0 Å². The highest BCUT2D eigenvalue weighted by atomic mass is 32.1. The predicted molar refractivity (Wildman–Crippen MR) is 398 cm³/mol. The highest BCUT2D eigenvalue weighted by molar-refractivity contribution is 7.54. The largest absolute Gasteiger partial charge is 0.493 e. The number of primary amides is 1. The first-order valence-corrected chi connectivity index (χ1v) is 38.9. The molecule has 4 aliphatic rings. The van der Waals surface area contributed by atoms with Crippen molar-refractivity contribution in [3.8, 4) is 16.2 Å². The molecule has 584 valence electrons. The summed E-state index contributed by atoms with van der Waals surface area (Å²) in [5.74, 6) is -7.49. The van der Waals surface area contributed by atoms with Crippen molar-refractivity contribution in [3.05, 3.63) is 141 Å². The summed E-state index contributed by atoms with van der Waals surface area (Å²) in [5.41, 5.74) is 4.37. The number of nitrogens with zero attached hydrogens (tertiary/aromatic N) is 2. The van der Waals surface area contributed by atoms with Gasteiger partial charge in [-0.25, -0.2) is 9.37 Å². The average molecular weight is 1540 g/mol. The quantitative estimate of drug-likeness (QED) is 0.00840. The standard InChI is InChI=1S/C80H100F3N6O17PS/c1-46(51-26-28-57(29-27-51)80(82,83)107(100,105-44-103-74(98)77(7,8)9)106-45-104-75(99)78(10,11)12)35-58(90)36-55-24-22-52-16-13-17-53-37-63(89(66(52)53)72(55)96)71(95)87-62(30-31-65(84)92)48(3)102-42-50-20-18-49(19-21-50)15-14-34-101-64-38-54(68-47(2)86-43-108-68)23-25-56(64)41-85-70(94)61-40-59(91)39-60(61)67(93)69(76(4,5)6)88-73(97)79(81)32-33-79/h13,16-21,23,25-29,35,38,43,48,55,59-63,69,91H,14-15,22,24,30-34,36-37,39-42,44-45H2,1-12H3,(H2,84,92)(H,85,94)(H,87,95)(H,88,97)/b46-35+/t48-,55-,59+,60?,61-,62+,63+,69-/m1/s1. The number of amides is 5. The molecule has 5 amide bonds. The van der Waals surface area contributed by atoms with Gasteiger partial charge in [-0.05, 0) is 177 Å². The molecule has 9 rings (SSSR count). The fraction of sp³-hybridized carbons (Fsp3) is 0.525. The summed E-state index contributed by atoms with van der Waals surface area (Å²) in [4.78, 5) is 128. The number of esters is 2. The highest BCUT2D eigenvalue weighted by Gasteiger charge is 2.57. The van der Waals surface area contributed by atoms with Crippen molar-refractivity contribution >= 4 is 83.2 Å². The molecule has 5 aromatic rings. The minimum absolute atomic E-state index is 0.0286. The molecule has 0 spiro atoms. The van der Waals surface area contributed by atoms with Gasteiger partial charge in [0.15, 0.2) is 17.2 Å². The lowest BCUT2D eigenvalue weighted by Crippen LogP contribution is -2.54. The van der Waals surface area contributed by atoms with E-state index >= 15 is 8.78 Å². The Morgan fingerprint density at radius 1 is 0.833 bits per heavy atom. The number of anilines is 1. The summed E-state index contributed by atoms with van der Waals surface area (Å²) in [6.45, 7) is 17.8. The van der Waals surface area contributed by atoms with E-state index in [1.807, 2.05) is 67.6 Å². The number of para-hydroxylation sites is 1. The SMILES string of the molecule is C/C(=C\C(=O)C[C@H]1CCc2cccc3c2N(C1=O)[C@H](C(=O)N[C@@H](CCC(N)=O)[C@@H](C)OCc1ccc(CCCOc2cc(-c4scnc4C)ccc2CNC(=O)[C@@H]2C[C@@H](O)CC2C(=O)[C@@H](NC(=O)C2(F)CC2)C(C)(C)C)cc1)C3)c1ccc(C(F)(F)P(=O)(OCOC(=O)C(C)(C)C)OCOC(=O)C(C)(C)C)cc1. The Balaban J connectivity index is 0.795. The lowest BCUT2D eigenvalue weighted by atomic mass is 9.77. The fourth-order valence-electron chi connectivity index (χ4n) is 13.4. The third kappa shape index (κ3) is 20.7.